The van der Waals surface area contributed by atoms with Crippen LogP contribution in [0, 0.1) is 11.7 Å². The number of methoxy groups -OCH3 is 1. The molecule has 1 saturated carbocycles. The standard InChI is InChI=1S/C34H43F5N6O5Si/c1-5-26(46)42-28(31(48)45-16-14-44(3)15-17-45)20(2)22-6-8-25(24(35)18-22)41-30(47)29(21-10-12-33(36,37)13-11-21)51-43-32(49)34(38,39)23-7-9-27(50-4)40-19-23/h6-9,18-21,28-29H,5,10-17H2,1-4H3,(H,41,47)(H,42,46)(H,43,49)/t20-,28+,29-/m0/s1. The van der Waals surface area contributed by atoms with Crippen molar-refractivity contribution < 1.29 is 45.9 Å². The number of amides is 4. The van der Waals surface area contributed by atoms with Crippen molar-refractivity contribution in [3.05, 3.63) is 53.5 Å². The fraction of sp³-hybridized carbons (Fsp3) is 0.559. The number of hydrogen-bond donors (Lipinski definition) is 3. The van der Waals surface area contributed by atoms with Crippen molar-refractivity contribution >= 4 is 39.0 Å². The Labute approximate surface area is 296 Å². The number of pyridine rings is 1. The lowest BCUT2D eigenvalue weighted by Crippen LogP contribution is -2.55. The molecule has 278 valence electrons. The van der Waals surface area contributed by atoms with Crippen LogP contribution in [0.5, 0.6) is 5.88 Å². The number of anilines is 1. The molecule has 3 atom stereocenters. The van der Waals surface area contributed by atoms with Crippen molar-refractivity contribution in [2.24, 2.45) is 5.92 Å². The van der Waals surface area contributed by atoms with Gasteiger partial charge in [-0.05, 0) is 49.6 Å². The fourth-order valence-corrected chi connectivity index (χ4v) is 7.27. The monoisotopic (exact) mass is 738 g/mol. The number of benzene rings is 1. The van der Waals surface area contributed by atoms with Crippen LogP contribution in [0.25, 0.3) is 0 Å². The maximum Gasteiger partial charge on any atom is 0.350 e. The van der Waals surface area contributed by atoms with Gasteiger partial charge in [-0.3, -0.25) is 19.2 Å². The summed E-state index contributed by atoms with van der Waals surface area (Å²) in [6, 6.07) is 5.05. The van der Waals surface area contributed by atoms with Crippen LogP contribution in [0.1, 0.15) is 63.0 Å². The highest BCUT2D eigenvalue weighted by Gasteiger charge is 2.44. The van der Waals surface area contributed by atoms with Crippen LogP contribution in [-0.4, -0.2) is 100 Å². The topological polar surface area (TPSA) is 133 Å². The third kappa shape index (κ3) is 10.0. The summed E-state index contributed by atoms with van der Waals surface area (Å²) in [5.74, 6) is -12.4. The van der Waals surface area contributed by atoms with Crippen LogP contribution in [0.3, 0.4) is 0 Å². The number of ether oxygens (including phenoxy) is 1. The lowest BCUT2D eigenvalue weighted by atomic mass is 9.84. The van der Waals surface area contributed by atoms with Crippen molar-refractivity contribution in [1.82, 2.24) is 25.1 Å². The number of rotatable bonds is 13. The first kappa shape index (κ1) is 39.7. The molecule has 1 aromatic carbocycles. The van der Waals surface area contributed by atoms with Gasteiger partial charge in [-0.1, -0.05) is 19.9 Å². The van der Waals surface area contributed by atoms with Gasteiger partial charge in [0.25, 0.3) is 5.91 Å². The second-order valence-electron chi connectivity index (χ2n) is 13.0. The van der Waals surface area contributed by atoms with Gasteiger partial charge in [0, 0.05) is 69.2 Å². The molecule has 0 spiro atoms. The zero-order valence-electron chi connectivity index (χ0n) is 28.9. The van der Waals surface area contributed by atoms with E-state index in [-0.39, 0.29) is 42.6 Å². The van der Waals surface area contributed by atoms with Gasteiger partial charge in [0.2, 0.25) is 29.5 Å². The summed E-state index contributed by atoms with van der Waals surface area (Å²) >= 11 is 0. The Bertz CT molecular complexity index is 1550. The Morgan fingerprint density at radius 3 is 2.31 bits per heavy atom. The molecule has 51 heavy (non-hydrogen) atoms. The van der Waals surface area contributed by atoms with E-state index >= 15 is 13.2 Å². The van der Waals surface area contributed by atoms with E-state index in [4.69, 9.17) is 4.74 Å². The van der Waals surface area contributed by atoms with Crippen LogP contribution >= 0.6 is 0 Å². The number of alkyl halides is 4. The second-order valence-corrected chi connectivity index (χ2v) is 14.1. The van der Waals surface area contributed by atoms with E-state index in [1.165, 1.54) is 19.2 Å². The maximum atomic E-state index is 15.6. The zero-order chi connectivity index (χ0) is 37.5. The third-order valence-electron chi connectivity index (χ3n) is 9.45. The largest absolute Gasteiger partial charge is 0.481 e. The van der Waals surface area contributed by atoms with Gasteiger partial charge < -0.3 is 30.2 Å². The first-order chi connectivity index (χ1) is 24.1. The lowest BCUT2D eigenvalue weighted by Gasteiger charge is -2.36. The van der Waals surface area contributed by atoms with E-state index in [0.29, 0.717) is 31.7 Å². The van der Waals surface area contributed by atoms with Crippen LogP contribution in [0.4, 0.5) is 27.6 Å². The molecular weight excluding hydrogens is 695 g/mol. The van der Waals surface area contributed by atoms with Crippen molar-refractivity contribution in [2.45, 2.75) is 75.3 Å². The molecule has 2 aliphatic rings. The molecule has 2 aromatic rings. The molecule has 0 bridgehead atoms. The lowest BCUT2D eigenvalue weighted by molar-refractivity contribution is -0.145. The van der Waals surface area contributed by atoms with Gasteiger partial charge in [0.15, 0.2) is 9.68 Å². The number of carbonyl (C=O) groups excluding carboxylic acids is 4. The summed E-state index contributed by atoms with van der Waals surface area (Å²) in [6.45, 7) is 5.59. The minimum atomic E-state index is -4.04. The predicted molar refractivity (Wildman–Crippen MR) is 179 cm³/mol. The number of nitrogens with one attached hydrogen (secondary N) is 3. The van der Waals surface area contributed by atoms with E-state index in [9.17, 15) is 28.0 Å². The van der Waals surface area contributed by atoms with Crippen molar-refractivity contribution in [2.75, 3.05) is 45.7 Å². The average Bonchev–Trinajstić information content (AvgIpc) is 3.11. The van der Waals surface area contributed by atoms with Gasteiger partial charge in [0.05, 0.1) is 18.3 Å². The molecule has 1 aliphatic carbocycles. The van der Waals surface area contributed by atoms with E-state index < -0.39 is 81.0 Å². The number of aromatic nitrogens is 1. The van der Waals surface area contributed by atoms with E-state index in [2.05, 4.69) is 25.5 Å². The number of likely N-dealkylation sites (N-methyl/N-ethyl adjacent to an activating group) is 1. The summed E-state index contributed by atoms with van der Waals surface area (Å²) in [5, 5.41) is 5.20. The van der Waals surface area contributed by atoms with Crippen LogP contribution in [0.15, 0.2) is 36.5 Å². The highest BCUT2D eigenvalue weighted by Crippen LogP contribution is 2.41. The summed E-state index contributed by atoms with van der Waals surface area (Å²) in [7, 11) is 2.29. The zero-order valence-corrected chi connectivity index (χ0v) is 29.9. The van der Waals surface area contributed by atoms with Crippen molar-refractivity contribution in [3.8, 4) is 5.88 Å². The Hall–Kier alpha value is -4.12. The van der Waals surface area contributed by atoms with E-state index in [0.717, 1.165) is 24.4 Å². The van der Waals surface area contributed by atoms with Crippen LogP contribution in [0.2, 0.25) is 5.54 Å². The Morgan fingerprint density at radius 2 is 1.75 bits per heavy atom. The molecule has 1 saturated heterocycles. The van der Waals surface area contributed by atoms with Gasteiger partial charge in [0.1, 0.15) is 11.9 Å². The SMILES string of the molecule is CCC(=O)N[C@@H](C(=O)N1CCN(C)CC1)[C@@H](C)c1ccc(NC(=O)[C@@H]([Si]NC(=O)C(F)(F)c2ccc(OC)nc2)C2CCC(F)(F)CC2)c(F)c1. The number of halogens is 5. The minimum absolute atomic E-state index is 0.0552. The molecule has 2 fully saturated rings. The smallest absolute Gasteiger partial charge is 0.350 e. The number of nitrogens with zero attached hydrogens (tertiary/aromatic N) is 3. The quantitative estimate of drug-likeness (QED) is 0.209. The molecule has 1 aromatic heterocycles. The first-order valence-electron chi connectivity index (χ1n) is 16.8. The number of carbonyl (C=O) groups is 4. The fourth-order valence-electron chi connectivity index (χ4n) is 6.05. The molecule has 4 rings (SSSR count). The average molecular weight is 739 g/mol. The summed E-state index contributed by atoms with van der Waals surface area (Å²) < 4.78 is 78.5. The van der Waals surface area contributed by atoms with Crippen molar-refractivity contribution in [3.63, 3.8) is 0 Å². The molecule has 17 heteroatoms. The molecule has 0 unspecified atom stereocenters. The summed E-state index contributed by atoms with van der Waals surface area (Å²) in [4.78, 5) is 61.7. The summed E-state index contributed by atoms with van der Waals surface area (Å²) in [5.41, 5.74) is -1.85. The number of piperazine rings is 1. The Balaban J connectivity index is 1.50. The highest BCUT2D eigenvalue weighted by molar-refractivity contribution is 6.46. The van der Waals surface area contributed by atoms with Gasteiger partial charge in [-0.15, -0.1) is 0 Å². The van der Waals surface area contributed by atoms with E-state index in [1.54, 1.807) is 18.7 Å². The first-order valence-corrected chi connectivity index (χ1v) is 17.8. The molecule has 1 aliphatic heterocycles. The summed E-state index contributed by atoms with van der Waals surface area (Å²) in [6.07, 6.45) is -0.371. The molecule has 2 radical (unpaired) electrons. The molecule has 3 N–H and O–H groups in total. The maximum absolute atomic E-state index is 15.6. The molecule has 2 heterocycles. The van der Waals surface area contributed by atoms with Crippen molar-refractivity contribution in [1.29, 1.82) is 0 Å². The highest BCUT2D eigenvalue weighted by atomic mass is 28.2. The minimum Gasteiger partial charge on any atom is -0.481 e. The van der Waals surface area contributed by atoms with Crippen LogP contribution < -0.4 is 20.4 Å². The third-order valence-corrected chi connectivity index (χ3v) is 10.9. The van der Waals surface area contributed by atoms with Gasteiger partial charge >= 0.3 is 5.92 Å². The van der Waals surface area contributed by atoms with Gasteiger partial charge in [-0.25, -0.2) is 18.2 Å². The predicted octanol–water partition coefficient (Wildman–Crippen LogP) is 4.08. The molecular formula is C34H43F5N6O5Si. The number of hydrogen-bond acceptors (Lipinski definition) is 7. The molecule has 4 amide bonds. The molecule has 11 nitrogen and oxygen atoms in total. The van der Waals surface area contributed by atoms with Crippen LogP contribution in [-0.2, 0) is 25.1 Å². The Kier molecular flexibility index (Phi) is 13.2. The van der Waals surface area contributed by atoms with Gasteiger partial charge in [-0.2, -0.15) is 8.78 Å². The van der Waals surface area contributed by atoms with E-state index in [1.807, 2.05) is 7.05 Å². The second kappa shape index (κ2) is 16.9. The Morgan fingerprint density at radius 1 is 1.08 bits per heavy atom. The normalized spacial score (nSPS) is 18.6.